The third-order valence-electron chi connectivity index (χ3n) is 3.94. The number of hydrogen-bond acceptors (Lipinski definition) is 4. The summed E-state index contributed by atoms with van der Waals surface area (Å²) in [5.74, 6) is 0.510. The minimum atomic E-state index is -0.505. The Balaban J connectivity index is 2.43. The van der Waals surface area contributed by atoms with Crippen molar-refractivity contribution in [2.75, 3.05) is 26.9 Å². The van der Waals surface area contributed by atoms with Gasteiger partial charge in [-0.25, -0.2) is 0 Å². The van der Waals surface area contributed by atoms with Crippen LogP contribution >= 0.6 is 0 Å². The van der Waals surface area contributed by atoms with Crippen LogP contribution in [0, 0.1) is 5.92 Å². The van der Waals surface area contributed by atoms with Crippen LogP contribution in [0.25, 0.3) is 0 Å². The first-order valence-corrected chi connectivity index (χ1v) is 6.65. The van der Waals surface area contributed by atoms with Crippen LogP contribution in [0.3, 0.4) is 0 Å². The summed E-state index contributed by atoms with van der Waals surface area (Å²) in [5.41, 5.74) is -0.269. The normalized spacial score (nSPS) is 23.3. The summed E-state index contributed by atoms with van der Waals surface area (Å²) in [4.78, 5) is 0. The van der Waals surface area contributed by atoms with E-state index >= 15 is 0 Å². The van der Waals surface area contributed by atoms with Gasteiger partial charge in [-0.1, -0.05) is 19.3 Å². The van der Waals surface area contributed by atoms with Crippen molar-refractivity contribution < 1.29 is 14.9 Å². The summed E-state index contributed by atoms with van der Waals surface area (Å²) >= 11 is 0. The monoisotopic (exact) mass is 245 g/mol. The molecule has 1 rings (SSSR count). The molecule has 0 aliphatic heterocycles. The summed E-state index contributed by atoms with van der Waals surface area (Å²) < 4.78 is 4.90. The van der Waals surface area contributed by atoms with E-state index in [-0.39, 0.29) is 12.1 Å². The molecule has 1 aliphatic rings. The number of methoxy groups -OCH3 is 1. The lowest BCUT2D eigenvalue weighted by Crippen LogP contribution is -2.54. The average molecular weight is 245 g/mol. The van der Waals surface area contributed by atoms with Crippen LogP contribution in [-0.2, 0) is 4.74 Å². The molecular weight excluding hydrogens is 218 g/mol. The molecular formula is C13H27NO3. The van der Waals surface area contributed by atoms with E-state index < -0.39 is 6.10 Å². The second kappa shape index (κ2) is 7.31. The zero-order valence-corrected chi connectivity index (χ0v) is 11.1. The Morgan fingerprint density at radius 3 is 2.53 bits per heavy atom. The summed E-state index contributed by atoms with van der Waals surface area (Å²) in [6, 6.07) is 0. The molecule has 3 N–H and O–H groups in total. The molecule has 102 valence electrons. The molecule has 17 heavy (non-hydrogen) atoms. The Labute approximate surface area is 104 Å². The molecule has 4 heteroatoms. The maximum absolute atomic E-state index is 9.64. The van der Waals surface area contributed by atoms with E-state index in [9.17, 15) is 10.2 Å². The second-order valence-electron chi connectivity index (χ2n) is 5.40. The third-order valence-corrected chi connectivity index (χ3v) is 3.94. The van der Waals surface area contributed by atoms with E-state index in [1.807, 2.05) is 0 Å². The fraction of sp³-hybridized carbons (Fsp3) is 1.00. The molecule has 0 unspecified atom stereocenters. The zero-order valence-electron chi connectivity index (χ0n) is 11.1. The van der Waals surface area contributed by atoms with Gasteiger partial charge in [0.2, 0.25) is 0 Å². The van der Waals surface area contributed by atoms with Crippen molar-refractivity contribution in [3.63, 3.8) is 0 Å². The SMILES string of the molecule is COC[C@H](O)CN[C@@](C)(CO)C1CCCCC1. The van der Waals surface area contributed by atoms with Crippen LogP contribution in [0.4, 0.5) is 0 Å². The molecule has 0 aromatic carbocycles. The molecule has 1 fully saturated rings. The van der Waals surface area contributed by atoms with Gasteiger partial charge in [0.25, 0.3) is 0 Å². The largest absolute Gasteiger partial charge is 0.394 e. The topological polar surface area (TPSA) is 61.7 Å². The van der Waals surface area contributed by atoms with Gasteiger partial charge in [0.15, 0.2) is 0 Å². The summed E-state index contributed by atoms with van der Waals surface area (Å²) in [6.07, 6.45) is 5.65. The molecule has 0 radical (unpaired) electrons. The maximum Gasteiger partial charge on any atom is 0.0897 e. The molecule has 0 heterocycles. The molecule has 2 atom stereocenters. The minimum absolute atomic E-state index is 0.122. The van der Waals surface area contributed by atoms with Crippen molar-refractivity contribution in [1.29, 1.82) is 0 Å². The van der Waals surface area contributed by atoms with Gasteiger partial charge in [-0.05, 0) is 25.7 Å². The predicted molar refractivity (Wildman–Crippen MR) is 68.0 cm³/mol. The smallest absolute Gasteiger partial charge is 0.0897 e. The average Bonchev–Trinajstić information content (AvgIpc) is 2.37. The van der Waals surface area contributed by atoms with Crippen LogP contribution in [0.15, 0.2) is 0 Å². The number of hydrogen-bond donors (Lipinski definition) is 3. The highest BCUT2D eigenvalue weighted by molar-refractivity contribution is 4.91. The Bertz CT molecular complexity index is 207. The number of aliphatic hydroxyl groups excluding tert-OH is 2. The van der Waals surface area contributed by atoms with Crippen molar-refractivity contribution >= 4 is 0 Å². The van der Waals surface area contributed by atoms with E-state index in [2.05, 4.69) is 12.2 Å². The number of nitrogens with one attached hydrogen (secondary N) is 1. The Morgan fingerprint density at radius 1 is 1.35 bits per heavy atom. The molecule has 0 saturated heterocycles. The maximum atomic E-state index is 9.64. The predicted octanol–water partition coefficient (Wildman–Crippen LogP) is 0.915. The summed E-state index contributed by atoms with van der Waals surface area (Å²) in [6.45, 7) is 2.99. The van der Waals surface area contributed by atoms with Gasteiger partial charge in [-0.2, -0.15) is 0 Å². The highest BCUT2D eigenvalue weighted by Gasteiger charge is 2.34. The number of rotatable bonds is 7. The van der Waals surface area contributed by atoms with E-state index in [0.717, 1.165) is 0 Å². The lowest BCUT2D eigenvalue weighted by molar-refractivity contribution is 0.0401. The van der Waals surface area contributed by atoms with Gasteiger partial charge in [-0.3, -0.25) is 0 Å². The molecule has 0 amide bonds. The van der Waals surface area contributed by atoms with Crippen molar-refractivity contribution in [3.8, 4) is 0 Å². The van der Waals surface area contributed by atoms with Crippen molar-refractivity contribution in [2.24, 2.45) is 5.92 Å². The van der Waals surface area contributed by atoms with Crippen molar-refractivity contribution in [3.05, 3.63) is 0 Å². The lowest BCUT2D eigenvalue weighted by atomic mass is 9.76. The first kappa shape index (κ1) is 14.9. The van der Waals surface area contributed by atoms with Crippen LogP contribution in [0.1, 0.15) is 39.0 Å². The first-order valence-electron chi connectivity index (χ1n) is 6.65. The highest BCUT2D eigenvalue weighted by Crippen LogP contribution is 2.32. The van der Waals surface area contributed by atoms with E-state index in [1.54, 1.807) is 7.11 Å². The minimum Gasteiger partial charge on any atom is -0.394 e. The van der Waals surface area contributed by atoms with Gasteiger partial charge in [0, 0.05) is 19.2 Å². The van der Waals surface area contributed by atoms with E-state index in [4.69, 9.17) is 4.74 Å². The molecule has 0 aromatic heterocycles. The van der Waals surface area contributed by atoms with Gasteiger partial charge in [-0.15, -0.1) is 0 Å². The van der Waals surface area contributed by atoms with Crippen molar-refractivity contribution in [2.45, 2.75) is 50.7 Å². The van der Waals surface area contributed by atoms with Crippen LogP contribution in [0.5, 0.6) is 0 Å². The Hall–Kier alpha value is -0.160. The molecule has 1 aliphatic carbocycles. The van der Waals surface area contributed by atoms with E-state index in [0.29, 0.717) is 19.1 Å². The van der Waals surface area contributed by atoms with Crippen molar-refractivity contribution in [1.82, 2.24) is 5.32 Å². The van der Waals surface area contributed by atoms with Crippen LogP contribution < -0.4 is 5.32 Å². The number of aliphatic hydroxyl groups is 2. The van der Waals surface area contributed by atoms with Gasteiger partial charge < -0.3 is 20.3 Å². The van der Waals surface area contributed by atoms with Gasteiger partial charge >= 0.3 is 0 Å². The Morgan fingerprint density at radius 2 is 2.00 bits per heavy atom. The standard InChI is InChI=1S/C13H27NO3/c1-13(10-15,11-6-4-3-5-7-11)14-8-12(16)9-17-2/h11-12,14-16H,3-10H2,1-2H3/t12-,13+/m1/s1. The number of ether oxygens (including phenoxy) is 1. The zero-order chi connectivity index (χ0) is 12.7. The third kappa shape index (κ3) is 4.54. The summed E-state index contributed by atoms with van der Waals surface area (Å²) in [5, 5.41) is 22.6. The first-order chi connectivity index (χ1) is 8.12. The van der Waals surface area contributed by atoms with Crippen LogP contribution in [0.2, 0.25) is 0 Å². The number of β-amino-alcohol motifs (C(OH)–C–C–N with tert-alkyl or cyclic N) is 1. The highest BCUT2D eigenvalue weighted by atomic mass is 16.5. The van der Waals surface area contributed by atoms with Gasteiger partial charge in [0.05, 0.1) is 19.3 Å². The quantitative estimate of drug-likeness (QED) is 0.624. The fourth-order valence-electron chi connectivity index (χ4n) is 2.67. The van der Waals surface area contributed by atoms with Crippen LogP contribution in [-0.4, -0.2) is 48.7 Å². The fourth-order valence-corrected chi connectivity index (χ4v) is 2.67. The molecule has 1 saturated carbocycles. The Kier molecular flexibility index (Phi) is 6.41. The summed E-state index contributed by atoms with van der Waals surface area (Å²) in [7, 11) is 1.58. The molecule has 4 nitrogen and oxygen atoms in total. The van der Waals surface area contributed by atoms with Gasteiger partial charge in [0.1, 0.15) is 0 Å². The second-order valence-corrected chi connectivity index (χ2v) is 5.40. The molecule has 0 aromatic rings. The lowest BCUT2D eigenvalue weighted by Gasteiger charge is -2.40. The van der Waals surface area contributed by atoms with E-state index in [1.165, 1.54) is 32.1 Å². The molecule has 0 bridgehead atoms. The molecule has 0 spiro atoms.